The SMILES string of the molecule is Cc1nc2n(n1)CC(NCC1CNNC1c1ccc(C)o1)CC2. The van der Waals surface area contributed by atoms with Gasteiger partial charge in [0.1, 0.15) is 23.2 Å². The predicted molar refractivity (Wildman–Crippen MR) is 85.7 cm³/mol. The van der Waals surface area contributed by atoms with Gasteiger partial charge in [0.15, 0.2) is 0 Å². The van der Waals surface area contributed by atoms with Crippen molar-refractivity contribution < 1.29 is 4.42 Å². The first-order valence-electron chi connectivity index (χ1n) is 8.37. The Hall–Kier alpha value is -1.70. The van der Waals surface area contributed by atoms with E-state index in [4.69, 9.17) is 4.42 Å². The number of hydrogen-bond acceptors (Lipinski definition) is 6. The van der Waals surface area contributed by atoms with E-state index < -0.39 is 0 Å². The van der Waals surface area contributed by atoms with E-state index in [1.807, 2.05) is 19.9 Å². The van der Waals surface area contributed by atoms with E-state index in [1.54, 1.807) is 0 Å². The summed E-state index contributed by atoms with van der Waals surface area (Å²) in [6.07, 6.45) is 2.12. The third-order valence-corrected chi connectivity index (χ3v) is 4.79. The molecule has 1 saturated heterocycles. The van der Waals surface area contributed by atoms with Crippen molar-refractivity contribution >= 4 is 0 Å². The second kappa shape index (κ2) is 6.07. The summed E-state index contributed by atoms with van der Waals surface area (Å²) >= 11 is 0. The van der Waals surface area contributed by atoms with Crippen molar-refractivity contribution in [1.29, 1.82) is 0 Å². The molecule has 3 N–H and O–H groups in total. The Kier molecular flexibility index (Phi) is 3.92. The molecule has 3 unspecified atom stereocenters. The first kappa shape index (κ1) is 14.9. The summed E-state index contributed by atoms with van der Waals surface area (Å²) in [6.45, 7) is 6.75. The molecule has 2 aromatic heterocycles. The fourth-order valence-corrected chi connectivity index (χ4v) is 3.57. The number of fused-ring (bicyclic) bond motifs is 1. The average molecular weight is 316 g/mol. The number of hydrazine groups is 1. The largest absolute Gasteiger partial charge is 0.465 e. The molecule has 0 radical (unpaired) electrons. The van der Waals surface area contributed by atoms with E-state index in [0.29, 0.717) is 12.0 Å². The number of nitrogens with one attached hydrogen (secondary N) is 3. The Balaban J connectivity index is 1.35. The summed E-state index contributed by atoms with van der Waals surface area (Å²) in [7, 11) is 0. The van der Waals surface area contributed by atoms with Gasteiger partial charge in [-0.2, -0.15) is 5.10 Å². The van der Waals surface area contributed by atoms with E-state index in [1.165, 1.54) is 0 Å². The first-order valence-corrected chi connectivity index (χ1v) is 8.37. The Bertz CT molecular complexity index is 678. The normalized spacial score (nSPS) is 27.3. The Morgan fingerprint density at radius 3 is 3.13 bits per heavy atom. The van der Waals surface area contributed by atoms with Crippen LogP contribution in [-0.2, 0) is 13.0 Å². The van der Waals surface area contributed by atoms with Gasteiger partial charge in [-0.05, 0) is 32.4 Å². The van der Waals surface area contributed by atoms with Crippen LogP contribution in [0, 0.1) is 19.8 Å². The lowest BCUT2D eigenvalue weighted by atomic mass is 9.98. The molecule has 0 bridgehead atoms. The minimum absolute atomic E-state index is 0.226. The molecule has 0 amide bonds. The molecular formula is C16H24N6O. The molecule has 2 aliphatic heterocycles. The summed E-state index contributed by atoms with van der Waals surface area (Å²) < 4.78 is 7.84. The Morgan fingerprint density at radius 1 is 1.39 bits per heavy atom. The summed E-state index contributed by atoms with van der Waals surface area (Å²) in [5.41, 5.74) is 6.59. The minimum atomic E-state index is 0.226. The summed E-state index contributed by atoms with van der Waals surface area (Å²) in [5.74, 6) is 4.44. The molecule has 7 heteroatoms. The second-order valence-electron chi connectivity index (χ2n) is 6.61. The van der Waals surface area contributed by atoms with Gasteiger partial charge in [0.25, 0.3) is 0 Å². The lowest BCUT2D eigenvalue weighted by Crippen LogP contribution is -2.41. The van der Waals surface area contributed by atoms with Crippen molar-refractivity contribution in [3.8, 4) is 0 Å². The molecule has 23 heavy (non-hydrogen) atoms. The fraction of sp³-hybridized carbons (Fsp3) is 0.625. The van der Waals surface area contributed by atoms with Crippen molar-refractivity contribution in [2.45, 2.75) is 45.3 Å². The van der Waals surface area contributed by atoms with Crippen molar-refractivity contribution in [3.05, 3.63) is 35.3 Å². The van der Waals surface area contributed by atoms with Crippen LogP contribution in [-0.4, -0.2) is 33.9 Å². The molecule has 124 valence electrons. The van der Waals surface area contributed by atoms with Crippen LogP contribution in [0.4, 0.5) is 0 Å². The molecule has 0 spiro atoms. The van der Waals surface area contributed by atoms with E-state index in [9.17, 15) is 0 Å². The summed E-state index contributed by atoms with van der Waals surface area (Å²) in [4.78, 5) is 4.47. The zero-order chi connectivity index (χ0) is 15.8. The van der Waals surface area contributed by atoms with Crippen molar-refractivity contribution in [3.63, 3.8) is 0 Å². The standard InChI is InChI=1S/C16H24N6O/c1-10-3-5-14(23-10)16-12(8-18-20-16)7-17-13-4-6-15-19-11(2)21-22(15)9-13/h3,5,12-13,16-18,20H,4,6-9H2,1-2H3. The highest BCUT2D eigenvalue weighted by Gasteiger charge is 2.31. The third-order valence-electron chi connectivity index (χ3n) is 4.79. The van der Waals surface area contributed by atoms with Crippen molar-refractivity contribution in [2.24, 2.45) is 5.92 Å². The van der Waals surface area contributed by atoms with Gasteiger partial charge in [-0.15, -0.1) is 0 Å². The topological polar surface area (TPSA) is 79.9 Å². The first-order chi connectivity index (χ1) is 11.2. The number of nitrogens with zero attached hydrogens (tertiary/aromatic N) is 3. The fourth-order valence-electron chi connectivity index (χ4n) is 3.57. The van der Waals surface area contributed by atoms with E-state index in [-0.39, 0.29) is 6.04 Å². The number of aromatic nitrogens is 3. The molecule has 2 aromatic rings. The molecule has 1 fully saturated rings. The van der Waals surface area contributed by atoms with Gasteiger partial charge in [-0.3, -0.25) is 5.43 Å². The van der Waals surface area contributed by atoms with Gasteiger partial charge in [-0.1, -0.05) is 0 Å². The molecule has 4 heterocycles. The van der Waals surface area contributed by atoms with E-state index in [2.05, 4.69) is 37.0 Å². The van der Waals surface area contributed by atoms with Crippen LogP contribution in [0.25, 0.3) is 0 Å². The number of aryl methyl sites for hydroxylation is 3. The molecular weight excluding hydrogens is 292 g/mol. The maximum atomic E-state index is 5.79. The van der Waals surface area contributed by atoms with Crippen molar-refractivity contribution in [1.82, 2.24) is 30.9 Å². The van der Waals surface area contributed by atoms with Crippen LogP contribution in [0.5, 0.6) is 0 Å². The highest BCUT2D eigenvalue weighted by molar-refractivity contribution is 5.12. The molecule has 7 nitrogen and oxygen atoms in total. The molecule has 3 atom stereocenters. The zero-order valence-electron chi connectivity index (χ0n) is 13.7. The molecule has 0 aromatic carbocycles. The Morgan fingerprint density at radius 2 is 2.30 bits per heavy atom. The van der Waals surface area contributed by atoms with Gasteiger partial charge in [0, 0.05) is 31.5 Å². The van der Waals surface area contributed by atoms with Crippen LogP contribution in [0.3, 0.4) is 0 Å². The van der Waals surface area contributed by atoms with Gasteiger partial charge < -0.3 is 9.73 Å². The van der Waals surface area contributed by atoms with Crippen LogP contribution in [0.15, 0.2) is 16.5 Å². The van der Waals surface area contributed by atoms with Gasteiger partial charge in [-0.25, -0.2) is 15.1 Å². The zero-order valence-corrected chi connectivity index (χ0v) is 13.7. The summed E-state index contributed by atoms with van der Waals surface area (Å²) in [5, 5.41) is 8.18. The predicted octanol–water partition coefficient (Wildman–Crippen LogP) is 0.858. The smallest absolute Gasteiger partial charge is 0.147 e. The number of hydrogen-bond donors (Lipinski definition) is 3. The summed E-state index contributed by atoms with van der Waals surface area (Å²) in [6, 6.07) is 4.78. The maximum Gasteiger partial charge on any atom is 0.147 e. The van der Waals surface area contributed by atoms with Gasteiger partial charge in [0.05, 0.1) is 12.6 Å². The lowest BCUT2D eigenvalue weighted by Gasteiger charge is -2.26. The number of rotatable bonds is 4. The van der Waals surface area contributed by atoms with Crippen LogP contribution in [0.2, 0.25) is 0 Å². The third kappa shape index (κ3) is 3.04. The van der Waals surface area contributed by atoms with Gasteiger partial charge in [0.2, 0.25) is 0 Å². The highest BCUT2D eigenvalue weighted by Crippen LogP contribution is 2.26. The van der Waals surface area contributed by atoms with Gasteiger partial charge >= 0.3 is 0 Å². The van der Waals surface area contributed by atoms with Crippen molar-refractivity contribution in [2.75, 3.05) is 13.1 Å². The molecule has 4 rings (SSSR count). The Labute approximate surface area is 135 Å². The number of furan rings is 1. The lowest BCUT2D eigenvalue weighted by molar-refractivity contribution is 0.313. The second-order valence-corrected chi connectivity index (χ2v) is 6.61. The van der Waals surface area contributed by atoms with Crippen LogP contribution < -0.4 is 16.2 Å². The van der Waals surface area contributed by atoms with E-state index >= 15 is 0 Å². The maximum absolute atomic E-state index is 5.79. The van der Waals surface area contributed by atoms with Crippen LogP contribution in [0.1, 0.15) is 35.6 Å². The monoisotopic (exact) mass is 316 g/mol. The molecule has 2 aliphatic rings. The van der Waals surface area contributed by atoms with Crippen LogP contribution >= 0.6 is 0 Å². The molecule has 0 saturated carbocycles. The molecule has 0 aliphatic carbocycles. The minimum Gasteiger partial charge on any atom is -0.465 e. The quantitative estimate of drug-likeness (QED) is 0.776. The average Bonchev–Trinajstić information content (AvgIpc) is 3.22. The van der Waals surface area contributed by atoms with E-state index in [0.717, 1.165) is 55.6 Å². The highest BCUT2D eigenvalue weighted by atomic mass is 16.3.